The Balaban J connectivity index is 1.95. The molecule has 27 heavy (non-hydrogen) atoms. The Kier molecular flexibility index (Phi) is 5.83. The van der Waals surface area contributed by atoms with E-state index in [1.807, 2.05) is 36.9 Å². The molecular formula is C20H23N3O4. The van der Waals surface area contributed by atoms with Crippen LogP contribution in [0.25, 0.3) is 0 Å². The first-order valence-electron chi connectivity index (χ1n) is 8.90. The first-order chi connectivity index (χ1) is 13.0. The van der Waals surface area contributed by atoms with Crippen molar-refractivity contribution in [2.75, 3.05) is 31.6 Å². The van der Waals surface area contributed by atoms with Crippen molar-refractivity contribution >= 4 is 17.3 Å². The molecule has 7 heteroatoms. The second-order valence-electron chi connectivity index (χ2n) is 6.66. The van der Waals surface area contributed by atoms with Crippen LogP contribution in [0.1, 0.15) is 22.7 Å². The van der Waals surface area contributed by atoms with Crippen LogP contribution in [0.5, 0.6) is 0 Å². The average Bonchev–Trinajstić information content (AvgIpc) is 2.66. The minimum absolute atomic E-state index is 0.0226. The molecule has 7 nitrogen and oxygen atoms in total. The summed E-state index contributed by atoms with van der Waals surface area (Å²) in [5, 5.41) is 14.2. The molecule has 0 bridgehead atoms. The maximum Gasteiger partial charge on any atom is 0.269 e. The number of aryl methyl sites for hydroxylation is 2. The fourth-order valence-corrected chi connectivity index (χ4v) is 3.38. The molecule has 2 aromatic carbocycles. The third-order valence-electron chi connectivity index (χ3n) is 4.79. The number of hydrogen-bond donors (Lipinski definition) is 1. The van der Waals surface area contributed by atoms with Gasteiger partial charge in [-0.05, 0) is 30.5 Å². The van der Waals surface area contributed by atoms with E-state index in [-0.39, 0.29) is 11.6 Å². The van der Waals surface area contributed by atoms with Crippen LogP contribution in [0.4, 0.5) is 11.4 Å². The molecule has 1 aliphatic heterocycles. The molecule has 0 aliphatic carbocycles. The van der Waals surface area contributed by atoms with E-state index >= 15 is 0 Å². The number of morpholine rings is 1. The van der Waals surface area contributed by atoms with Gasteiger partial charge in [0, 0.05) is 30.9 Å². The number of carbonyl (C=O) groups excluding carboxylic acids is 1. The second kappa shape index (κ2) is 8.28. The molecule has 1 amide bonds. The predicted octanol–water partition coefficient (Wildman–Crippen LogP) is 3.22. The van der Waals surface area contributed by atoms with Gasteiger partial charge in [-0.3, -0.25) is 19.8 Å². The lowest BCUT2D eigenvalue weighted by atomic mass is 10.0. The van der Waals surface area contributed by atoms with Gasteiger partial charge in [-0.25, -0.2) is 0 Å². The number of nitrogens with one attached hydrogen (secondary N) is 1. The van der Waals surface area contributed by atoms with Crippen LogP contribution in [0.2, 0.25) is 0 Å². The van der Waals surface area contributed by atoms with Crippen molar-refractivity contribution in [1.29, 1.82) is 0 Å². The van der Waals surface area contributed by atoms with E-state index in [0.29, 0.717) is 31.9 Å². The normalized spacial score (nSPS) is 15.9. The van der Waals surface area contributed by atoms with E-state index in [1.165, 1.54) is 12.1 Å². The van der Waals surface area contributed by atoms with Gasteiger partial charge in [-0.2, -0.15) is 0 Å². The van der Waals surface area contributed by atoms with Crippen molar-refractivity contribution in [1.82, 2.24) is 4.90 Å². The Morgan fingerprint density at radius 1 is 1.15 bits per heavy atom. The summed E-state index contributed by atoms with van der Waals surface area (Å²) in [7, 11) is 0. The van der Waals surface area contributed by atoms with Crippen LogP contribution in [-0.2, 0) is 9.53 Å². The Hall–Kier alpha value is -2.77. The van der Waals surface area contributed by atoms with Gasteiger partial charge in [0.1, 0.15) is 6.04 Å². The summed E-state index contributed by atoms with van der Waals surface area (Å²) >= 11 is 0. The summed E-state index contributed by atoms with van der Waals surface area (Å²) in [5.74, 6) is -0.199. The number of nitro groups is 1. The zero-order valence-electron chi connectivity index (χ0n) is 15.5. The second-order valence-corrected chi connectivity index (χ2v) is 6.66. The largest absolute Gasteiger partial charge is 0.379 e. The Morgan fingerprint density at radius 3 is 2.41 bits per heavy atom. The number of benzene rings is 2. The molecule has 1 saturated heterocycles. The van der Waals surface area contributed by atoms with E-state index in [4.69, 9.17) is 4.74 Å². The molecule has 1 heterocycles. The zero-order valence-corrected chi connectivity index (χ0v) is 15.5. The first-order valence-corrected chi connectivity index (χ1v) is 8.90. The molecule has 0 radical (unpaired) electrons. The summed E-state index contributed by atoms with van der Waals surface area (Å²) < 4.78 is 5.40. The van der Waals surface area contributed by atoms with Crippen LogP contribution >= 0.6 is 0 Å². The maximum absolute atomic E-state index is 13.2. The molecule has 3 rings (SSSR count). The van der Waals surface area contributed by atoms with E-state index < -0.39 is 11.0 Å². The third-order valence-corrected chi connectivity index (χ3v) is 4.79. The fraction of sp³-hybridized carbons (Fsp3) is 0.350. The fourth-order valence-electron chi connectivity index (χ4n) is 3.38. The number of nitro benzene ring substituents is 1. The van der Waals surface area contributed by atoms with Crippen molar-refractivity contribution < 1.29 is 14.5 Å². The Labute approximate surface area is 158 Å². The number of para-hydroxylation sites is 1. The highest BCUT2D eigenvalue weighted by molar-refractivity contribution is 5.97. The maximum atomic E-state index is 13.2. The average molecular weight is 369 g/mol. The number of rotatable bonds is 5. The van der Waals surface area contributed by atoms with Gasteiger partial charge in [0.05, 0.1) is 18.1 Å². The summed E-state index contributed by atoms with van der Waals surface area (Å²) in [6.45, 7) is 6.13. The smallest absolute Gasteiger partial charge is 0.269 e. The highest BCUT2D eigenvalue weighted by Gasteiger charge is 2.30. The Bertz CT molecular complexity index is 827. The monoisotopic (exact) mass is 369 g/mol. The number of amides is 1. The minimum Gasteiger partial charge on any atom is -0.379 e. The highest BCUT2D eigenvalue weighted by Crippen LogP contribution is 2.28. The van der Waals surface area contributed by atoms with Gasteiger partial charge in [0.25, 0.3) is 5.69 Å². The van der Waals surface area contributed by atoms with E-state index in [2.05, 4.69) is 5.32 Å². The van der Waals surface area contributed by atoms with Crippen molar-refractivity contribution in [2.45, 2.75) is 19.9 Å². The molecule has 1 fully saturated rings. The Morgan fingerprint density at radius 2 is 1.78 bits per heavy atom. The van der Waals surface area contributed by atoms with Crippen molar-refractivity contribution in [3.8, 4) is 0 Å². The van der Waals surface area contributed by atoms with Gasteiger partial charge < -0.3 is 10.1 Å². The third kappa shape index (κ3) is 4.32. The molecule has 0 unspecified atom stereocenters. The summed E-state index contributed by atoms with van der Waals surface area (Å²) in [5.41, 5.74) is 3.32. The number of ether oxygens (including phenoxy) is 1. The van der Waals surface area contributed by atoms with Gasteiger partial charge in [-0.15, -0.1) is 0 Å². The van der Waals surface area contributed by atoms with Crippen LogP contribution in [-0.4, -0.2) is 42.0 Å². The first kappa shape index (κ1) is 19.0. The molecule has 0 aromatic heterocycles. The molecular weight excluding hydrogens is 346 g/mol. The standard InChI is InChI=1S/C20H23N3O4/c1-14-5-3-6-15(2)18(14)21-20(24)19(22-9-11-27-12-10-22)16-7-4-8-17(13-16)23(25)26/h3-8,13,19H,9-12H2,1-2H3,(H,21,24)/t19-/m0/s1. The summed E-state index contributed by atoms with van der Waals surface area (Å²) in [6.07, 6.45) is 0. The van der Waals surface area contributed by atoms with Crippen molar-refractivity contribution in [3.05, 3.63) is 69.3 Å². The number of carbonyl (C=O) groups is 1. The van der Waals surface area contributed by atoms with Gasteiger partial charge in [-0.1, -0.05) is 30.3 Å². The minimum atomic E-state index is -0.618. The van der Waals surface area contributed by atoms with Crippen LogP contribution in [0.3, 0.4) is 0 Å². The van der Waals surface area contributed by atoms with Gasteiger partial charge in [0.2, 0.25) is 5.91 Å². The lowest BCUT2D eigenvalue weighted by Crippen LogP contribution is -2.44. The lowest BCUT2D eigenvalue weighted by Gasteiger charge is -2.34. The van der Waals surface area contributed by atoms with E-state index in [9.17, 15) is 14.9 Å². The van der Waals surface area contributed by atoms with Gasteiger partial charge >= 0.3 is 0 Å². The summed E-state index contributed by atoms with van der Waals surface area (Å²) in [6, 6.07) is 11.5. The van der Waals surface area contributed by atoms with Gasteiger partial charge in [0.15, 0.2) is 0 Å². The quantitative estimate of drug-likeness (QED) is 0.646. The highest BCUT2D eigenvalue weighted by atomic mass is 16.6. The number of non-ortho nitro benzene ring substituents is 1. The van der Waals surface area contributed by atoms with E-state index in [1.54, 1.807) is 12.1 Å². The predicted molar refractivity (Wildman–Crippen MR) is 103 cm³/mol. The number of nitrogens with zero attached hydrogens (tertiary/aromatic N) is 2. The molecule has 2 aromatic rings. The molecule has 1 aliphatic rings. The lowest BCUT2D eigenvalue weighted by molar-refractivity contribution is -0.384. The topological polar surface area (TPSA) is 84.7 Å². The molecule has 0 saturated carbocycles. The van der Waals surface area contributed by atoms with Crippen LogP contribution in [0.15, 0.2) is 42.5 Å². The molecule has 1 N–H and O–H groups in total. The summed E-state index contributed by atoms with van der Waals surface area (Å²) in [4.78, 5) is 26.0. The van der Waals surface area contributed by atoms with Crippen molar-refractivity contribution in [3.63, 3.8) is 0 Å². The van der Waals surface area contributed by atoms with E-state index in [0.717, 1.165) is 16.8 Å². The molecule has 0 spiro atoms. The number of hydrogen-bond acceptors (Lipinski definition) is 5. The molecule has 142 valence electrons. The van der Waals surface area contributed by atoms with Crippen LogP contribution in [0, 0.1) is 24.0 Å². The zero-order chi connectivity index (χ0) is 19.4. The number of anilines is 1. The molecule has 1 atom stereocenters. The van der Waals surface area contributed by atoms with Crippen molar-refractivity contribution in [2.24, 2.45) is 0 Å². The van der Waals surface area contributed by atoms with Crippen LogP contribution < -0.4 is 5.32 Å². The SMILES string of the molecule is Cc1cccc(C)c1NC(=O)[C@H](c1cccc([N+](=O)[O-])c1)N1CCOCC1.